The van der Waals surface area contributed by atoms with Crippen LogP contribution in [0.1, 0.15) is 22.3 Å². The topological polar surface area (TPSA) is 9.86 Å². The number of para-hydroxylation sites is 6. The van der Waals surface area contributed by atoms with Gasteiger partial charge in [-0.05, 0) is 98.8 Å². The fourth-order valence-corrected chi connectivity index (χ4v) is 9.70. The molecule has 0 N–H and O–H groups in total. The molecule has 0 unspecified atom stereocenters. The van der Waals surface area contributed by atoms with E-state index in [1.165, 1.54) is 77.2 Å². The van der Waals surface area contributed by atoms with Gasteiger partial charge in [-0.15, -0.1) is 0 Å². The van der Waals surface area contributed by atoms with Crippen molar-refractivity contribution in [1.82, 2.24) is 9.13 Å². The Morgan fingerprint density at radius 2 is 0.759 bits per heavy atom. The Balaban J connectivity index is 0.000000153. The fraction of sp³-hybridized carbons (Fsp3) is 0.0204. The zero-order chi connectivity index (χ0) is 36.4. The lowest BCUT2D eigenvalue weighted by Gasteiger charge is -2.41. The molecule has 0 aliphatic carbocycles. The molecular formula is C49H31Br3N2. The van der Waals surface area contributed by atoms with Gasteiger partial charge in [-0.1, -0.05) is 159 Å². The summed E-state index contributed by atoms with van der Waals surface area (Å²) in [6.45, 7) is 0. The molecule has 0 radical (unpaired) electrons. The van der Waals surface area contributed by atoms with Crippen LogP contribution in [0.3, 0.4) is 0 Å². The third-order valence-electron chi connectivity index (χ3n) is 10.9. The van der Waals surface area contributed by atoms with E-state index < -0.39 is 5.41 Å². The average Bonchev–Trinajstić information content (AvgIpc) is 3.74. The van der Waals surface area contributed by atoms with Crippen molar-refractivity contribution in [3.63, 3.8) is 0 Å². The first kappa shape index (κ1) is 33.4. The first-order valence-corrected chi connectivity index (χ1v) is 20.3. The molecule has 0 spiro atoms. The first-order valence-electron chi connectivity index (χ1n) is 17.9. The second-order valence-electron chi connectivity index (χ2n) is 13.7. The molecule has 11 rings (SSSR count). The molecule has 5 heteroatoms. The summed E-state index contributed by atoms with van der Waals surface area (Å²) in [6.07, 6.45) is 0. The Kier molecular flexibility index (Phi) is 8.21. The minimum Gasteiger partial charge on any atom is -0.309 e. The van der Waals surface area contributed by atoms with Crippen molar-refractivity contribution in [2.24, 2.45) is 0 Å². The minimum absolute atomic E-state index is 0.443. The van der Waals surface area contributed by atoms with Gasteiger partial charge in [0.05, 0.1) is 38.9 Å². The largest absolute Gasteiger partial charge is 0.309 e. The summed E-state index contributed by atoms with van der Waals surface area (Å²) >= 11 is 11.0. The fourth-order valence-electron chi connectivity index (χ4n) is 8.71. The van der Waals surface area contributed by atoms with Gasteiger partial charge in [-0.25, -0.2) is 0 Å². The lowest BCUT2D eigenvalue weighted by atomic mass is 9.63. The van der Waals surface area contributed by atoms with E-state index in [2.05, 4.69) is 239 Å². The molecule has 54 heavy (non-hydrogen) atoms. The molecule has 0 atom stereocenters. The molecule has 1 aliphatic heterocycles. The van der Waals surface area contributed by atoms with Crippen LogP contribution in [0, 0.1) is 0 Å². The standard InChI is InChI=1S/C31H19Br2N.C18H12BrN/c32-22-16-12-20(13-17-22)31(21-14-18-23(33)19-15-21)26-8-2-4-11-29(26)34-28-10-3-1-6-24(28)25-7-5-9-27(31)30(25)34;19-15-9-3-6-12-18(15)20-16-10-4-1-7-13(16)14-8-2-5-11-17(14)20/h1-19H;1-12H. The Hall–Kier alpha value is -5.20. The number of aromatic nitrogens is 2. The van der Waals surface area contributed by atoms with Crippen LogP contribution in [0.4, 0.5) is 0 Å². The van der Waals surface area contributed by atoms with Crippen molar-refractivity contribution in [3.05, 3.63) is 224 Å². The quantitative estimate of drug-likeness (QED) is 0.167. The highest BCUT2D eigenvalue weighted by Crippen LogP contribution is 2.54. The van der Waals surface area contributed by atoms with Crippen molar-refractivity contribution < 1.29 is 0 Å². The van der Waals surface area contributed by atoms with Crippen LogP contribution in [0.5, 0.6) is 0 Å². The average molecular weight is 888 g/mol. The maximum absolute atomic E-state index is 3.67. The second-order valence-corrected chi connectivity index (χ2v) is 16.3. The minimum atomic E-state index is -0.443. The maximum Gasteiger partial charge on any atom is 0.0742 e. The first-order chi connectivity index (χ1) is 26.6. The molecule has 10 aromatic rings. The highest BCUT2D eigenvalue weighted by molar-refractivity contribution is 9.11. The van der Waals surface area contributed by atoms with Crippen molar-refractivity contribution in [2.75, 3.05) is 0 Å². The van der Waals surface area contributed by atoms with Crippen LogP contribution in [0.25, 0.3) is 55.0 Å². The summed E-state index contributed by atoms with van der Waals surface area (Å²) in [4.78, 5) is 0. The number of nitrogens with zero attached hydrogens (tertiary/aromatic N) is 2. The molecule has 2 aromatic heterocycles. The molecule has 258 valence electrons. The zero-order valence-electron chi connectivity index (χ0n) is 28.9. The van der Waals surface area contributed by atoms with Crippen molar-refractivity contribution in [2.45, 2.75) is 5.41 Å². The van der Waals surface area contributed by atoms with Gasteiger partial charge in [0, 0.05) is 35.0 Å². The lowest BCUT2D eigenvalue weighted by molar-refractivity contribution is 0.727. The molecule has 1 aliphatic rings. The molecule has 0 saturated heterocycles. The number of fused-ring (bicyclic) bond motifs is 8. The summed E-state index contributed by atoms with van der Waals surface area (Å²) in [5, 5.41) is 5.16. The van der Waals surface area contributed by atoms with Crippen LogP contribution in [0.15, 0.2) is 201 Å². The number of hydrogen-bond acceptors (Lipinski definition) is 0. The van der Waals surface area contributed by atoms with E-state index in [-0.39, 0.29) is 0 Å². The number of benzene rings is 8. The van der Waals surface area contributed by atoms with Gasteiger partial charge in [-0.2, -0.15) is 0 Å². The van der Waals surface area contributed by atoms with Crippen molar-refractivity contribution in [1.29, 1.82) is 0 Å². The van der Waals surface area contributed by atoms with Gasteiger partial charge in [0.15, 0.2) is 0 Å². The molecule has 2 nitrogen and oxygen atoms in total. The van der Waals surface area contributed by atoms with E-state index in [4.69, 9.17) is 0 Å². The molecule has 8 aromatic carbocycles. The van der Waals surface area contributed by atoms with Gasteiger partial charge < -0.3 is 9.13 Å². The van der Waals surface area contributed by atoms with Crippen LogP contribution in [-0.2, 0) is 5.41 Å². The highest BCUT2D eigenvalue weighted by Gasteiger charge is 2.45. The van der Waals surface area contributed by atoms with E-state index in [0.717, 1.165) is 13.4 Å². The predicted molar refractivity (Wildman–Crippen MR) is 237 cm³/mol. The normalized spacial score (nSPS) is 12.9. The Bertz CT molecular complexity index is 2930. The smallest absolute Gasteiger partial charge is 0.0742 e. The van der Waals surface area contributed by atoms with Crippen LogP contribution in [-0.4, -0.2) is 9.13 Å². The summed E-state index contributed by atoms with van der Waals surface area (Å²) < 4.78 is 8.05. The van der Waals surface area contributed by atoms with Gasteiger partial charge >= 0.3 is 0 Å². The summed E-state index contributed by atoms with van der Waals surface area (Å²) in [5.74, 6) is 0. The summed E-state index contributed by atoms with van der Waals surface area (Å²) in [7, 11) is 0. The van der Waals surface area contributed by atoms with E-state index >= 15 is 0 Å². The molecule has 0 amide bonds. The third-order valence-corrected chi connectivity index (χ3v) is 12.6. The number of halogens is 3. The van der Waals surface area contributed by atoms with Gasteiger partial charge in [0.2, 0.25) is 0 Å². The van der Waals surface area contributed by atoms with Crippen LogP contribution in [0.2, 0.25) is 0 Å². The molecule has 0 saturated carbocycles. The SMILES string of the molecule is Brc1ccc(C2(c3ccc(Br)cc3)c3ccccc3-n3c4ccccc4c4cccc2c43)cc1.Brc1ccccc1-n1c2ccccc2c2ccccc21. The predicted octanol–water partition coefficient (Wildman–Crippen LogP) is 14.6. The summed E-state index contributed by atoms with van der Waals surface area (Å²) in [5.41, 5.74) is 12.1. The summed E-state index contributed by atoms with van der Waals surface area (Å²) in [6, 6.07) is 67.6. The van der Waals surface area contributed by atoms with E-state index in [0.29, 0.717) is 0 Å². The Morgan fingerprint density at radius 1 is 0.333 bits per heavy atom. The molecular weight excluding hydrogens is 856 g/mol. The van der Waals surface area contributed by atoms with Crippen LogP contribution >= 0.6 is 47.8 Å². The van der Waals surface area contributed by atoms with E-state index in [9.17, 15) is 0 Å². The van der Waals surface area contributed by atoms with Gasteiger partial charge in [-0.3, -0.25) is 0 Å². The maximum atomic E-state index is 3.67. The van der Waals surface area contributed by atoms with Crippen molar-refractivity contribution in [3.8, 4) is 11.4 Å². The van der Waals surface area contributed by atoms with Crippen LogP contribution < -0.4 is 0 Å². The second kappa shape index (κ2) is 13.3. The van der Waals surface area contributed by atoms with E-state index in [1.54, 1.807) is 0 Å². The monoisotopic (exact) mass is 884 g/mol. The molecule has 0 fully saturated rings. The Labute approximate surface area is 338 Å². The van der Waals surface area contributed by atoms with Gasteiger partial charge in [0.25, 0.3) is 0 Å². The Morgan fingerprint density at radius 3 is 1.33 bits per heavy atom. The third kappa shape index (κ3) is 5.02. The van der Waals surface area contributed by atoms with Crippen molar-refractivity contribution >= 4 is 91.4 Å². The molecule has 0 bridgehead atoms. The number of hydrogen-bond donors (Lipinski definition) is 0. The number of rotatable bonds is 3. The zero-order valence-corrected chi connectivity index (χ0v) is 33.7. The van der Waals surface area contributed by atoms with E-state index in [1.807, 2.05) is 6.07 Å². The molecule has 3 heterocycles. The highest BCUT2D eigenvalue weighted by atomic mass is 79.9. The van der Waals surface area contributed by atoms with Gasteiger partial charge in [0.1, 0.15) is 0 Å². The lowest BCUT2D eigenvalue weighted by Crippen LogP contribution is -2.35.